The maximum Gasteiger partial charge on any atom is 0.161 e. The zero-order valence-corrected chi connectivity index (χ0v) is 19.2. The largest absolute Gasteiger partial charge is 0.493 e. The Morgan fingerprint density at radius 2 is 1.75 bits per heavy atom. The van der Waals surface area contributed by atoms with E-state index < -0.39 is 6.10 Å². The van der Waals surface area contributed by atoms with Gasteiger partial charge in [-0.25, -0.2) is 0 Å². The Hall–Kier alpha value is -2.16. The summed E-state index contributed by atoms with van der Waals surface area (Å²) in [6, 6.07) is 16.0. The molecule has 0 aromatic heterocycles. The van der Waals surface area contributed by atoms with Crippen LogP contribution in [-0.4, -0.2) is 87.8 Å². The second-order valence-electron chi connectivity index (χ2n) is 8.03. The van der Waals surface area contributed by atoms with Gasteiger partial charge in [-0.05, 0) is 23.3 Å². The topological polar surface area (TPSA) is 63.6 Å². The fourth-order valence-electron chi connectivity index (χ4n) is 3.82. The lowest BCUT2D eigenvalue weighted by atomic mass is 10.1. The molecule has 3 rings (SSSR count). The lowest BCUT2D eigenvalue weighted by Gasteiger charge is -2.31. The van der Waals surface area contributed by atoms with Crippen LogP contribution in [0.3, 0.4) is 0 Å². The number of hydrogen-bond acceptors (Lipinski definition) is 7. The van der Waals surface area contributed by atoms with E-state index in [0.717, 1.165) is 50.5 Å². The molecule has 0 saturated carbocycles. The molecule has 1 N–H and O–H groups in total. The molecule has 1 atom stereocenters. The number of methoxy groups -OCH3 is 2. The SMILES string of the molecule is COc1ccc(CN(CCN2CCOCC2)C[C@H](O)COCc2ccccc2)cc1OC. The summed E-state index contributed by atoms with van der Waals surface area (Å²) in [5.74, 6) is 1.43. The summed E-state index contributed by atoms with van der Waals surface area (Å²) in [6.45, 7) is 7.31. The van der Waals surface area contributed by atoms with Gasteiger partial charge in [-0.15, -0.1) is 0 Å². The molecule has 0 unspecified atom stereocenters. The molecular formula is C25H36N2O5. The molecule has 1 aliphatic rings. The van der Waals surface area contributed by atoms with Gasteiger partial charge in [0, 0.05) is 39.3 Å². The molecule has 0 amide bonds. The minimum absolute atomic E-state index is 0.300. The highest BCUT2D eigenvalue weighted by molar-refractivity contribution is 5.42. The third-order valence-corrected chi connectivity index (χ3v) is 5.58. The van der Waals surface area contributed by atoms with Crippen molar-refractivity contribution in [3.63, 3.8) is 0 Å². The maximum atomic E-state index is 10.7. The van der Waals surface area contributed by atoms with Gasteiger partial charge < -0.3 is 24.1 Å². The Morgan fingerprint density at radius 1 is 1.00 bits per heavy atom. The summed E-state index contributed by atoms with van der Waals surface area (Å²) in [6.07, 6.45) is -0.566. The third kappa shape index (κ3) is 8.07. The summed E-state index contributed by atoms with van der Waals surface area (Å²) in [5.41, 5.74) is 2.22. The molecule has 32 heavy (non-hydrogen) atoms. The van der Waals surface area contributed by atoms with Gasteiger partial charge in [-0.1, -0.05) is 36.4 Å². The summed E-state index contributed by atoms with van der Waals surface area (Å²) < 4.78 is 22.0. The van der Waals surface area contributed by atoms with E-state index in [4.69, 9.17) is 18.9 Å². The fourth-order valence-corrected chi connectivity index (χ4v) is 3.82. The van der Waals surface area contributed by atoms with Gasteiger partial charge in [0.1, 0.15) is 0 Å². The fraction of sp³-hybridized carbons (Fsp3) is 0.520. The normalized spacial score (nSPS) is 15.6. The zero-order valence-electron chi connectivity index (χ0n) is 19.2. The van der Waals surface area contributed by atoms with E-state index in [1.807, 2.05) is 48.5 Å². The average Bonchev–Trinajstić information content (AvgIpc) is 2.83. The second-order valence-corrected chi connectivity index (χ2v) is 8.03. The van der Waals surface area contributed by atoms with Crippen molar-refractivity contribution in [2.75, 3.05) is 66.8 Å². The first-order valence-electron chi connectivity index (χ1n) is 11.2. The average molecular weight is 445 g/mol. The lowest BCUT2D eigenvalue weighted by molar-refractivity contribution is 0.00210. The summed E-state index contributed by atoms with van der Waals surface area (Å²) >= 11 is 0. The molecular weight excluding hydrogens is 408 g/mol. The van der Waals surface area contributed by atoms with E-state index >= 15 is 0 Å². The highest BCUT2D eigenvalue weighted by atomic mass is 16.5. The molecule has 1 aliphatic heterocycles. The van der Waals surface area contributed by atoms with Crippen LogP contribution in [0.4, 0.5) is 0 Å². The predicted octanol–water partition coefficient (Wildman–Crippen LogP) is 2.42. The van der Waals surface area contributed by atoms with Crippen molar-refractivity contribution in [3.05, 3.63) is 59.7 Å². The van der Waals surface area contributed by atoms with Gasteiger partial charge in [0.25, 0.3) is 0 Å². The van der Waals surface area contributed by atoms with Crippen LogP contribution in [0.2, 0.25) is 0 Å². The molecule has 0 spiro atoms. The highest BCUT2D eigenvalue weighted by Crippen LogP contribution is 2.28. The van der Waals surface area contributed by atoms with E-state index in [-0.39, 0.29) is 0 Å². The standard InChI is InChI=1S/C25H36N2O5/c1-29-24-9-8-22(16-25(24)30-2)17-27(11-10-26-12-14-31-15-13-26)18-23(28)20-32-19-21-6-4-3-5-7-21/h3-9,16,23,28H,10-15,17-20H2,1-2H3/t23-/m0/s1. The molecule has 0 bridgehead atoms. The van der Waals surface area contributed by atoms with Crippen LogP contribution in [0.1, 0.15) is 11.1 Å². The van der Waals surface area contributed by atoms with Crippen LogP contribution in [-0.2, 0) is 22.6 Å². The van der Waals surface area contributed by atoms with E-state index in [2.05, 4.69) is 9.80 Å². The van der Waals surface area contributed by atoms with Crippen LogP contribution in [0, 0.1) is 0 Å². The molecule has 176 valence electrons. The number of nitrogens with zero attached hydrogens (tertiary/aromatic N) is 2. The third-order valence-electron chi connectivity index (χ3n) is 5.58. The second kappa shape index (κ2) is 13.4. The number of ether oxygens (including phenoxy) is 4. The Morgan fingerprint density at radius 3 is 2.47 bits per heavy atom. The summed E-state index contributed by atoms with van der Waals surface area (Å²) in [7, 11) is 3.28. The number of aliphatic hydroxyl groups is 1. The van der Waals surface area contributed by atoms with Gasteiger partial charge in [-0.3, -0.25) is 9.80 Å². The highest BCUT2D eigenvalue weighted by Gasteiger charge is 2.17. The Balaban J connectivity index is 1.56. The van der Waals surface area contributed by atoms with Gasteiger partial charge in [-0.2, -0.15) is 0 Å². The number of morpholine rings is 1. The molecule has 2 aromatic rings. The lowest BCUT2D eigenvalue weighted by Crippen LogP contribution is -2.43. The van der Waals surface area contributed by atoms with E-state index in [1.54, 1.807) is 14.2 Å². The molecule has 0 aliphatic carbocycles. The zero-order chi connectivity index (χ0) is 22.6. The van der Waals surface area contributed by atoms with Crippen molar-refractivity contribution in [1.82, 2.24) is 9.80 Å². The van der Waals surface area contributed by atoms with Crippen molar-refractivity contribution in [1.29, 1.82) is 0 Å². The summed E-state index contributed by atoms with van der Waals surface area (Å²) in [5, 5.41) is 10.7. The minimum atomic E-state index is -0.566. The molecule has 7 nitrogen and oxygen atoms in total. The first-order chi connectivity index (χ1) is 15.7. The van der Waals surface area contributed by atoms with Crippen molar-refractivity contribution in [3.8, 4) is 11.5 Å². The first kappa shape index (κ1) is 24.5. The van der Waals surface area contributed by atoms with Crippen LogP contribution in [0.5, 0.6) is 11.5 Å². The molecule has 0 radical (unpaired) electrons. The Kier molecular flexibility index (Phi) is 10.3. The number of rotatable bonds is 13. The smallest absolute Gasteiger partial charge is 0.161 e. The van der Waals surface area contributed by atoms with Gasteiger partial charge in [0.15, 0.2) is 11.5 Å². The first-order valence-corrected chi connectivity index (χ1v) is 11.2. The minimum Gasteiger partial charge on any atom is -0.493 e. The van der Waals surface area contributed by atoms with Crippen molar-refractivity contribution in [2.24, 2.45) is 0 Å². The van der Waals surface area contributed by atoms with Gasteiger partial charge in [0.2, 0.25) is 0 Å². The molecule has 1 saturated heterocycles. The number of benzene rings is 2. The van der Waals surface area contributed by atoms with Gasteiger partial charge in [0.05, 0.1) is 46.8 Å². The Labute approximate surface area is 191 Å². The van der Waals surface area contributed by atoms with Crippen molar-refractivity contribution in [2.45, 2.75) is 19.3 Å². The molecule has 1 heterocycles. The van der Waals surface area contributed by atoms with Crippen LogP contribution in [0.25, 0.3) is 0 Å². The van der Waals surface area contributed by atoms with Crippen LogP contribution < -0.4 is 9.47 Å². The van der Waals surface area contributed by atoms with E-state index in [9.17, 15) is 5.11 Å². The quantitative estimate of drug-likeness (QED) is 0.509. The molecule has 7 heteroatoms. The van der Waals surface area contributed by atoms with Crippen molar-refractivity contribution >= 4 is 0 Å². The van der Waals surface area contributed by atoms with E-state index in [0.29, 0.717) is 37.8 Å². The summed E-state index contributed by atoms with van der Waals surface area (Å²) in [4.78, 5) is 4.68. The monoisotopic (exact) mass is 444 g/mol. The maximum absolute atomic E-state index is 10.7. The number of hydrogen-bond donors (Lipinski definition) is 1. The van der Waals surface area contributed by atoms with E-state index in [1.165, 1.54) is 0 Å². The Bertz CT molecular complexity index is 783. The van der Waals surface area contributed by atoms with Crippen LogP contribution in [0.15, 0.2) is 48.5 Å². The molecule has 2 aromatic carbocycles. The predicted molar refractivity (Wildman–Crippen MR) is 124 cm³/mol. The van der Waals surface area contributed by atoms with Crippen LogP contribution >= 0.6 is 0 Å². The van der Waals surface area contributed by atoms with Gasteiger partial charge >= 0.3 is 0 Å². The number of aliphatic hydroxyl groups excluding tert-OH is 1. The molecule has 1 fully saturated rings. The van der Waals surface area contributed by atoms with Crippen molar-refractivity contribution < 1.29 is 24.1 Å².